The highest BCUT2D eigenvalue weighted by Crippen LogP contribution is 2.52. The van der Waals surface area contributed by atoms with Crippen LogP contribution in [0.4, 0.5) is 5.95 Å². The van der Waals surface area contributed by atoms with E-state index in [1.807, 2.05) is 20.8 Å². The van der Waals surface area contributed by atoms with Gasteiger partial charge in [-0.3, -0.25) is 4.79 Å². The first-order valence-corrected chi connectivity index (χ1v) is 13.8. The molecule has 2 aromatic rings. The van der Waals surface area contributed by atoms with Crippen molar-refractivity contribution in [3.05, 3.63) is 41.6 Å². The topological polar surface area (TPSA) is 97.3 Å². The SMILES string of the molecule is COC(=O)CCSc1cnc(N2CCC3(CC2)Cc2ccccc2[C@H]3N[S@](=O)C(C)(C)C)nn1. The molecule has 0 bridgehead atoms. The van der Waals surface area contributed by atoms with E-state index in [9.17, 15) is 9.00 Å². The summed E-state index contributed by atoms with van der Waals surface area (Å²) in [6, 6.07) is 8.62. The number of ether oxygens (including phenoxy) is 1. The summed E-state index contributed by atoms with van der Waals surface area (Å²) in [4.78, 5) is 18.0. The molecule has 34 heavy (non-hydrogen) atoms. The van der Waals surface area contributed by atoms with Crippen LogP contribution in [0, 0.1) is 5.41 Å². The van der Waals surface area contributed by atoms with Crippen LogP contribution in [0.2, 0.25) is 0 Å². The minimum absolute atomic E-state index is 0.0260. The van der Waals surface area contributed by atoms with Gasteiger partial charge in [0.1, 0.15) is 5.03 Å². The molecule has 0 saturated carbocycles. The van der Waals surface area contributed by atoms with Crippen molar-refractivity contribution in [3.63, 3.8) is 0 Å². The van der Waals surface area contributed by atoms with Crippen molar-refractivity contribution in [2.45, 2.75) is 62.3 Å². The third kappa shape index (κ3) is 5.44. The number of rotatable bonds is 7. The summed E-state index contributed by atoms with van der Waals surface area (Å²) >= 11 is 1.44. The molecule has 2 atom stereocenters. The molecule has 10 heteroatoms. The number of hydrogen-bond acceptors (Lipinski definition) is 8. The van der Waals surface area contributed by atoms with Crippen molar-refractivity contribution in [2.75, 3.05) is 30.9 Å². The van der Waals surface area contributed by atoms with Gasteiger partial charge in [-0.15, -0.1) is 22.0 Å². The highest BCUT2D eigenvalue weighted by atomic mass is 32.2. The molecule has 4 rings (SSSR count). The summed E-state index contributed by atoms with van der Waals surface area (Å²) in [5.41, 5.74) is 2.66. The molecule has 1 aliphatic carbocycles. The van der Waals surface area contributed by atoms with Crippen molar-refractivity contribution in [1.82, 2.24) is 19.9 Å². The van der Waals surface area contributed by atoms with Crippen LogP contribution < -0.4 is 9.62 Å². The third-order valence-electron chi connectivity index (χ3n) is 6.66. The highest BCUT2D eigenvalue weighted by Gasteiger charge is 2.49. The quantitative estimate of drug-likeness (QED) is 0.453. The van der Waals surface area contributed by atoms with E-state index in [0.717, 1.165) is 32.4 Å². The molecule has 0 amide bonds. The maximum atomic E-state index is 13.0. The van der Waals surface area contributed by atoms with Crippen LogP contribution in [0.5, 0.6) is 0 Å². The second kappa shape index (κ2) is 10.3. The number of carbonyl (C=O) groups is 1. The lowest BCUT2D eigenvalue weighted by atomic mass is 9.73. The number of carbonyl (C=O) groups excluding carboxylic acids is 1. The normalized spacial score (nSPS) is 20.2. The minimum Gasteiger partial charge on any atom is -0.469 e. The second-order valence-electron chi connectivity index (χ2n) is 9.93. The van der Waals surface area contributed by atoms with Gasteiger partial charge in [0.2, 0.25) is 5.95 Å². The zero-order valence-electron chi connectivity index (χ0n) is 20.2. The number of nitrogens with one attached hydrogen (secondary N) is 1. The van der Waals surface area contributed by atoms with E-state index in [1.54, 1.807) is 6.20 Å². The van der Waals surface area contributed by atoms with E-state index in [2.05, 4.69) is 53.8 Å². The Morgan fingerprint density at radius 3 is 2.65 bits per heavy atom. The Hall–Kier alpha value is -2.04. The van der Waals surface area contributed by atoms with Gasteiger partial charge in [-0.05, 0) is 56.6 Å². The predicted molar refractivity (Wildman–Crippen MR) is 135 cm³/mol. The fourth-order valence-corrected chi connectivity index (χ4v) is 6.34. The third-order valence-corrected chi connectivity index (χ3v) is 9.11. The molecule has 1 saturated heterocycles. The molecule has 184 valence electrons. The number of thioether (sulfide) groups is 1. The summed E-state index contributed by atoms with van der Waals surface area (Å²) in [5, 5.41) is 9.32. The van der Waals surface area contributed by atoms with E-state index in [-0.39, 0.29) is 22.2 Å². The first-order chi connectivity index (χ1) is 16.2. The molecule has 1 aromatic carbocycles. The maximum Gasteiger partial charge on any atom is 0.306 e. The van der Waals surface area contributed by atoms with E-state index < -0.39 is 11.0 Å². The molecule has 1 fully saturated rings. The van der Waals surface area contributed by atoms with Gasteiger partial charge in [0.05, 0.1) is 41.5 Å². The van der Waals surface area contributed by atoms with Gasteiger partial charge in [-0.25, -0.2) is 13.9 Å². The lowest BCUT2D eigenvalue weighted by Gasteiger charge is -2.43. The predicted octanol–water partition coefficient (Wildman–Crippen LogP) is 3.46. The van der Waals surface area contributed by atoms with Crippen molar-refractivity contribution in [2.24, 2.45) is 5.41 Å². The molecular weight excluding hydrogens is 470 g/mol. The fourth-order valence-electron chi connectivity index (χ4n) is 4.69. The van der Waals surface area contributed by atoms with E-state index >= 15 is 0 Å². The lowest BCUT2D eigenvalue weighted by Crippen LogP contribution is -2.48. The Balaban J connectivity index is 1.42. The van der Waals surface area contributed by atoms with Crippen molar-refractivity contribution in [3.8, 4) is 0 Å². The van der Waals surface area contributed by atoms with Crippen LogP contribution in [-0.2, 0) is 26.9 Å². The molecule has 0 radical (unpaired) electrons. The Morgan fingerprint density at radius 1 is 1.26 bits per heavy atom. The monoisotopic (exact) mass is 503 g/mol. The number of benzene rings is 1. The fraction of sp³-hybridized carbons (Fsp3) is 0.583. The molecule has 8 nitrogen and oxygen atoms in total. The van der Waals surface area contributed by atoms with Crippen LogP contribution in [0.1, 0.15) is 57.2 Å². The van der Waals surface area contributed by atoms with Gasteiger partial charge in [0.25, 0.3) is 0 Å². The molecule has 1 aliphatic heterocycles. The number of nitrogens with zero attached hydrogens (tertiary/aromatic N) is 4. The lowest BCUT2D eigenvalue weighted by molar-refractivity contribution is -0.140. The van der Waals surface area contributed by atoms with Gasteiger partial charge >= 0.3 is 5.97 Å². The Morgan fingerprint density at radius 2 is 2.00 bits per heavy atom. The summed E-state index contributed by atoms with van der Waals surface area (Å²) in [5.74, 6) is 0.977. The molecule has 2 heterocycles. The average molecular weight is 504 g/mol. The van der Waals surface area contributed by atoms with Gasteiger partial charge < -0.3 is 9.64 Å². The van der Waals surface area contributed by atoms with Gasteiger partial charge in [-0.2, -0.15) is 0 Å². The standard InChI is InChI=1S/C24H33N5O3S2/c1-23(2,3)34(31)28-21-18-8-6-5-7-17(18)15-24(21)10-12-29(13-11-24)22-25-16-19(26-27-22)33-14-9-20(30)32-4/h5-8,16,21,28H,9-15H2,1-4H3/t21-,34-/m1/s1. The van der Waals surface area contributed by atoms with Crippen molar-refractivity contribution < 1.29 is 13.7 Å². The number of anilines is 1. The molecule has 1 aromatic heterocycles. The minimum atomic E-state index is -1.15. The largest absolute Gasteiger partial charge is 0.469 e. The highest BCUT2D eigenvalue weighted by molar-refractivity contribution is 7.99. The number of hydrogen-bond donors (Lipinski definition) is 1. The number of piperidine rings is 1. The van der Waals surface area contributed by atoms with Crippen molar-refractivity contribution >= 4 is 34.7 Å². The van der Waals surface area contributed by atoms with Crippen LogP contribution >= 0.6 is 11.8 Å². The van der Waals surface area contributed by atoms with E-state index in [4.69, 9.17) is 0 Å². The number of esters is 1. The van der Waals surface area contributed by atoms with E-state index in [0.29, 0.717) is 23.1 Å². The second-order valence-corrected chi connectivity index (χ2v) is 13.0. The molecule has 1 N–H and O–H groups in total. The Bertz CT molecular complexity index is 1030. The van der Waals surface area contributed by atoms with Gasteiger partial charge in [-0.1, -0.05) is 24.3 Å². The Kier molecular flexibility index (Phi) is 7.59. The van der Waals surface area contributed by atoms with Crippen LogP contribution in [0.3, 0.4) is 0 Å². The number of fused-ring (bicyclic) bond motifs is 1. The number of methoxy groups -OCH3 is 1. The first kappa shape index (κ1) is 25.1. The summed E-state index contributed by atoms with van der Waals surface area (Å²) in [6.45, 7) is 7.67. The molecule has 1 spiro atoms. The zero-order valence-corrected chi connectivity index (χ0v) is 21.9. The summed E-state index contributed by atoms with van der Waals surface area (Å²) in [7, 11) is 0.241. The Labute approximate surface area is 208 Å². The van der Waals surface area contributed by atoms with Crippen molar-refractivity contribution in [1.29, 1.82) is 0 Å². The molecule has 0 unspecified atom stereocenters. The summed E-state index contributed by atoms with van der Waals surface area (Å²) < 4.78 is 20.9. The van der Waals surface area contributed by atoms with Gasteiger partial charge in [0.15, 0.2) is 0 Å². The first-order valence-electron chi connectivity index (χ1n) is 11.6. The zero-order chi connectivity index (χ0) is 24.3. The molecule has 2 aliphatic rings. The maximum absolute atomic E-state index is 13.0. The van der Waals surface area contributed by atoms with Crippen LogP contribution in [0.15, 0.2) is 35.5 Å². The van der Waals surface area contributed by atoms with Crippen LogP contribution in [-0.4, -0.2) is 56.1 Å². The van der Waals surface area contributed by atoms with Crippen LogP contribution in [0.25, 0.3) is 0 Å². The molecular formula is C24H33N5O3S2. The van der Waals surface area contributed by atoms with Gasteiger partial charge in [0, 0.05) is 18.8 Å². The summed E-state index contributed by atoms with van der Waals surface area (Å²) in [6.07, 6.45) is 4.96. The number of aromatic nitrogens is 3. The smallest absolute Gasteiger partial charge is 0.306 e. The average Bonchev–Trinajstić information content (AvgIpc) is 3.12. The van der Waals surface area contributed by atoms with E-state index in [1.165, 1.54) is 30.0 Å².